The lowest BCUT2D eigenvalue weighted by atomic mass is 10.2. The van der Waals surface area contributed by atoms with Crippen LogP contribution in [0, 0.1) is 0 Å². The summed E-state index contributed by atoms with van der Waals surface area (Å²) in [6, 6.07) is 9.03. The van der Waals surface area contributed by atoms with Crippen LogP contribution in [0.3, 0.4) is 0 Å². The average molecular weight is 352 g/mol. The van der Waals surface area contributed by atoms with Gasteiger partial charge in [0.1, 0.15) is 13.2 Å². The molecule has 1 unspecified atom stereocenters. The molecule has 0 spiro atoms. The number of nitrogens with one attached hydrogen (secondary N) is 1. The van der Waals surface area contributed by atoms with Gasteiger partial charge in [0.2, 0.25) is 11.7 Å². The molecule has 8 heteroatoms. The molecule has 1 N–H and O–H groups in total. The highest BCUT2D eigenvalue weighted by Gasteiger charge is 2.29. The molecular formula is C18H16N4O4. The number of aromatic nitrogens is 3. The fourth-order valence-electron chi connectivity index (χ4n) is 3.22. The van der Waals surface area contributed by atoms with Crippen molar-refractivity contribution in [2.75, 3.05) is 13.2 Å². The van der Waals surface area contributed by atoms with E-state index in [-0.39, 0.29) is 11.9 Å². The van der Waals surface area contributed by atoms with E-state index in [1.54, 1.807) is 23.1 Å². The predicted octanol–water partition coefficient (Wildman–Crippen LogP) is 2.25. The summed E-state index contributed by atoms with van der Waals surface area (Å²) in [6.07, 6.45) is 2.74. The van der Waals surface area contributed by atoms with E-state index in [0.29, 0.717) is 55.0 Å². The van der Waals surface area contributed by atoms with Gasteiger partial charge in [-0.2, -0.15) is 0 Å². The SMILES string of the molecule is O=C1CCC(c2nc(-c3ccco3)nn2-c2ccc3c(c2)OCCO3)N1. The fraction of sp³-hybridized carbons (Fsp3) is 0.278. The number of ether oxygens (including phenoxy) is 2. The quantitative estimate of drug-likeness (QED) is 0.777. The van der Waals surface area contributed by atoms with E-state index in [1.807, 2.05) is 18.2 Å². The van der Waals surface area contributed by atoms with Gasteiger partial charge >= 0.3 is 0 Å². The Kier molecular flexibility index (Phi) is 3.41. The van der Waals surface area contributed by atoms with E-state index in [4.69, 9.17) is 13.9 Å². The zero-order valence-electron chi connectivity index (χ0n) is 13.8. The van der Waals surface area contributed by atoms with Gasteiger partial charge < -0.3 is 19.2 Å². The van der Waals surface area contributed by atoms with Crippen molar-refractivity contribution in [2.24, 2.45) is 0 Å². The summed E-state index contributed by atoms with van der Waals surface area (Å²) in [5, 5.41) is 7.56. The molecule has 1 atom stereocenters. The zero-order valence-corrected chi connectivity index (χ0v) is 13.8. The van der Waals surface area contributed by atoms with Gasteiger partial charge in [-0.3, -0.25) is 4.79 Å². The van der Waals surface area contributed by atoms with Crippen LogP contribution in [0.15, 0.2) is 41.0 Å². The van der Waals surface area contributed by atoms with Gasteiger partial charge in [-0.05, 0) is 30.7 Å². The molecule has 1 aromatic carbocycles. The number of carbonyl (C=O) groups is 1. The minimum atomic E-state index is -0.188. The molecule has 4 heterocycles. The molecule has 132 valence electrons. The van der Waals surface area contributed by atoms with E-state index >= 15 is 0 Å². The van der Waals surface area contributed by atoms with Gasteiger partial charge in [0.05, 0.1) is 18.0 Å². The number of nitrogens with zero attached hydrogens (tertiary/aromatic N) is 3. The maximum atomic E-state index is 11.7. The van der Waals surface area contributed by atoms with Crippen LogP contribution in [0.4, 0.5) is 0 Å². The number of hydrogen-bond acceptors (Lipinski definition) is 6. The highest BCUT2D eigenvalue weighted by molar-refractivity contribution is 5.78. The summed E-state index contributed by atoms with van der Waals surface area (Å²) in [7, 11) is 0. The first-order valence-electron chi connectivity index (χ1n) is 8.48. The largest absolute Gasteiger partial charge is 0.486 e. The van der Waals surface area contributed by atoms with Crippen molar-refractivity contribution in [1.29, 1.82) is 0 Å². The maximum Gasteiger partial charge on any atom is 0.220 e. The van der Waals surface area contributed by atoms with Crippen LogP contribution in [0.25, 0.3) is 17.3 Å². The first kappa shape index (κ1) is 15.0. The molecule has 1 fully saturated rings. The highest BCUT2D eigenvalue weighted by atomic mass is 16.6. The molecule has 0 saturated carbocycles. The molecule has 1 amide bonds. The Morgan fingerprint density at radius 3 is 2.81 bits per heavy atom. The monoisotopic (exact) mass is 352 g/mol. The number of rotatable bonds is 3. The topological polar surface area (TPSA) is 91.4 Å². The molecule has 1 saturated heterocycles. The molecule has 0 radical (unpaired) electrons. The number of hydrogen-bond donors (Lipinski definition) is 1. The number of furan rings is 1. The Labute approximate surface area is 148 Å². The van der Waals surface area contributed by atoms with Gasteiger partial charge in [-0.25, -0.2) is 9.67 Å². The highest BCUT2D eigenvalue weighted by Crippen LogP contribution is 2.34. The normalized spacial score (nSPS) is 18.8. The number of carbonyl (C=O) groups excluding carboxylic acids is 1. The Morgan fingerprint density at radius 1 is 1.15 bits per heavy atom. The van der Waals surface area contributed by atoms with Crippen molar-refractivity contribution in [3.05, 3.63) is 42.4 Å². The van der Waals surface area contributed by atoms with Crippen LogP contribution in [0.1, 0.15) is 24.7 Å². The van der Waals surface area contributed by atoms with E-state index < -0.39 is 0 Å². The standard InChI is InChI=1S/C18H16N4O4/c23-16-6-4-12(19-16)18-20-17(14-2-1-7-24-14)21-22(18)11-3-5-13-15(10-11)26-9-8-25-13/h1-3,5,7,10,12H,4,6,8-9H2,(H,19,23). The lowest BCUT2D eigenvalue weighted by molar-refractivity contribution is -0.119. The molecule has 0 aliphatic carbocycles. The summed E-state index contributed by atoms with van der Waals surface area (Å²) < 4.78 is 18.4. The smallest absolute Gasteiger partial charge is 0.220 e. The molecular weight excluding hydrogens is 336 g/mol. The molecule has 2 aliphatic heterocycles. The molecule has 3 aromatic rings. The maximum absolute atomic E-state index is 11.7. The molecule has 5 rings (SSSR count). The average Bonchev–Trinajstić information content (AvgIpc) is 3.41. The van der Waals surface area contributed by atoms with Crippen molar-refractivity contribution in [2.45, 2.75) is 18.9 Å². The van der Waals surface area contributed by atoms with Crippen LogP contribution < -0.4 is 14.8 Å². The first-order valence-corrected chi connectivity index (χ1v) is 8.48. The third kappa shape index (κ3) is 2.50. The molecule has 26 heavy (non-hydrogen) atoms. The van der Waals surface area contributed by atoms with Crippen LogP contribution in [0.2, 0.25) is 0 Å². The van der Waals surface area contributed by atoms with Gasteiger partial charge in [0.25, 0.3) is 0 Å². The number of fused-ring (bicyclic) bond motifs is 1. The summed E-state index contributed by atoms with van der Waals surface area (Å²) in [5.41, 5.74) is 0.788. The van der Waals surface area contributed by atoms with Crippen molar-refractivity contribution in [3.63, 3.8) is 0 Å². The predicted molar refractivity (Wildman–Crippen MR) is 90.2 cm³/mol. The first-order chi connectivity index (χ1) is 12.8. The van der Waals surface area contributed by atoms with E-state index in [1.165, 1.54) is 0 Å². The lowest BCUT2D eigenvalue weighted by Crippen LogP contribution is -2.22. The summed E-state index contributed by atoms with van der Waals surface area (Å²) >= 11 is 0. The second kappa shape index (κ2) is 5.91. The number of benzene rings is 1. The molecule has 2 aromatic heterocycles. The third-order valence-electron chi connectivity index (χ3n) is 4.45. The Bertz CT molecular complexity index is 964. The second-order valence-electron chi connectivity index (χ2n) is 6.17. The summed E-state index contributed by atoms with van der Waals surface area (Å²) in [5.74, 6) is 3.12. The summed E-state index contributed by atoms with van der Waals surface area (Å²) in [6.45, 7) is 1.05. The van der Waals surface area contributed by atoms with Crippen LogP contribution in [-0.2, 0) is 4.79 Å². The Hall–Kier alpha value is -3.29. The van der Waals surface area contributed by atoms with Crippen molar-refractivity contribution in [3.8, 4) is 28.8 Å². The molecule has 8 nitrogen and oxygen atoms in total. The van der Waals surface area contributed by atoms with Crippen molar-refractivity contribution < 1.29 is 18.7 Å². The fourth-order valence-corrected chi connectivity index (χ4v) is 3.22. The lowest BCUT2D eigenvalue weighted by Gasteiger charge is -2.19. The number of amides is 1. The minimum Gasteiger partial charge on any atom is -0.486 e. The Morgan fingerprint density at radius 2 is 2.04 bits per heavy atom. The Balaban J connectivity index is 1.61. The molecule has 2 aliphatic rings. The van der Waals surface area contributed by atoms with E-state index in [2.05, 4.69) is 15.4 Å². The summed E-state index contributed by atoms with van der Waals surface area (Å²) in [4.78, 5) is 16.3. The second-order valence-corrected chi connectivity index (χ2v) is 6.17. The van der Waals surface area contributed by atoms with Crippen molar-refractivity contribution in [1.82, 2.24) is 20.1 Å². The van der Waals surface area contributed by atoms with Gasteiger partial charge in [-0.1, -0.05) is 0 Å². The van der Waals surface area contributed by atoms with Gasteiger partial charge in [0.15, 0.2) is 23.1 Å². The van der Waals surface area contributed by atoms with Crippen molar-refractivity contribution >= 4 is 5.91 Å². The van der Waals surface area contributed by atoms with Crippen LogP contribution >= 0.6 is 0 Å². The van der Waals surface area contributed by atoms with Crippen LogP contribution in [0.5, 0.6) is 11.5 Å². The van der Waals surface area contributed by atoms with Gasteiger partial charge in [-0.15, -0.1) is 5.10 Å². The van der Waals surface area contributed by atoms with E-state index in [9.17, 15) is 4.79 Å². The van der Waals surface area contributed by atoms with Gasteiger partial charge in [0, 0.05) is 12.5 Å². The molecule has 0 bridgehead atoms. The zero-order chi connectivity index (χ0) is 17.5. The van der Waals surface area contributed by atoms with E-state index in [0.717, 1.165) is 5.69 Å². The third-order valence-corrected chi connectivity index (χ3v) is 4.45. The minimum absolute atomic E-state index is 0.0197. The van der Waals surface area contributed by atoms with Crippen LogP contribution in [-0.4, -0.2) is 33.9 Å².